The zero-order valence-corrected chi connectivity index (χ0v) is 18.0. The molecule has 2 aromatic rings. The predicted octanol–water partition coefficient (Wildman–Crippen LogP) is 5.13. The Hall–Kier alpha value is -2.41. The van der Waals surface area contributed by atoms with Gasteiger partial charge >= 0.3 is 0 Å². The highest BCUT2D eigenvalue weighted by atomic mass is 32.2. The number of thioether (sulfide) groups is 1. The van der Waals surface area contributed by atoms with Gasteiger partial charge in [-0.3, -0.25) is 9.69 Å². The number of hydrogen-bond donors (Lipinski definition) is 0. The van der Waals surface area contributed by atoms with Crippen LogP contribution in [0.3, 0.4) is 0 Å². The Balaban J connectivity index is 1.47. The maximum atomic E-state index is 13.1. The standard InChI is InChI=1S/C24H21NO3S2/c26-23-21(30-24(29)25(23)15-19-10-6-12-27-19)14-18-13-17-9-4-5-11-20(17)28-22(18)16-7-2-1-3-8-16/h1-5,7-9,11,13-14,19,22H,6,10,12,15H2/b21-14+/t19-,22+/m0/s1. The summed E-state index contributed by atoms with van der Waals surface area (Å²) in [5.41, 5.74) is 2.99. The lowest BCUT2D eigenvalue weighted by molar-refractivity contribution is -0.123. The van der Waals surface area contributed by atoms with Crippen molar-refractivity contribution in [1.29, 1.82) is 0 Å². The molecule has 0 aliphatic carbocycles. The van der Waals surface area contributed by atoms with Crippen molar-refractivity contribution in [3.63, 3.8) is 0 Å². The molecule has 1 amide bonds. The largest absolute Gasteiger partial charge is 0.480 e. The van der Waals surface area contributed by atoms with Crippen LogP contribution in [0, 0.1) is 0 Å². The molecule has 3 heterocycles. The molecule has 4 nitrogen and oxygen atoms in total. The van der Waals surface area contributed by atoms with Gasteiger partial charge in [0.2, 0.25) is 0 Å². The quantitative estimate of drug-likeness (QED) is 0.492. The molecule has 0 saturated carbocycles. The van der Waals surface area contributed by atoms with Crippen LogP contribution in [-0.4, -0.2) is 34.4 Å². The molecule has 3 aliphatic rings. The highest BCUT2D eigenvalue weighted by molar-refractivity contribution is 8.26. The Morgan fingerprint density at radius 1 is 1.13 bits per heavy atom. The minimum absolute atomic E-state index is 0.0490. The first-order valence-electron chi connectivity index (χ1n) is 10.1. The highest BCUT2D eigenvalue weighted by Gasteiger charge is 2.35. The summed E-state index contributed by atoms with van der Waals surface area (Å²) in [6.45, 7) is 1.29. The van der Waals surface area contributed by atoms with Crippen LogP contribution >= 0.6 is 24.0 Å². The monoisotopic (exact) mass is 435 g/mol. The Morgan fingerprint density at radius 3 is 2.73 bits per heavy atom. The van der Waals surface area contributed by atoms with Crippen LogP contribution in [0.5, 0.6) is 5.75 Å². The lowest BCUT2D eigenvalue weighted by Crippen LogP contribution is -2.35. The fourth-order valence-electron chi connectivity index (χ4n) is 3.96. The van der Waals surface area contributed by atoms with Crippen LogP contribution in [0.2, 0.25) is 0 Å². The van der Waals surface area contributed by atoms with E-state index in [1.165, 1.54) is 11.8 Å². The van der Waals surface area contributed by atoms with Gasteiger partial charge in [0.1, 0.15) is 16.2 Å². The van der Waals surface area contributed by atoms with Gasteiger partial charge < -0.3 is 9.47 Å². The molecule has 2 fully saturated rings. The summed E-state index contributed by atoms with van der Waals surface area (Å²) >= 11 is 6.86. The first-order chi connectivity index (χ1) is 14.7. The molecule has 0 unspecified atom stereocenters. The van der Waals surface area contributed by atoms with Crippen molar-refractivity contribution in [3.05, 3.63) is 82.3 Å². The first kappa shape index (κ1) is 19.5. The fourth-order valence-corrected chi connectivity index (χ4v) is 5.24. The van der Waals surface area contributed by atoms with Gasteiger partial charge in [-0.25, -0.2) is 0 Å². The number of carbonyl (C=O) groups is 1. The molecular weight excluding hydrogens is 414 g/mol. The molecule has 0 spiro atoms. The number of thiocarbonyl (C=S) groups is 1. The van der Waals surface area contributed by atoms with Crippen molar-refractivity contribution in [2.24, 2.45) is 0 Å². The molecule has 5 rings (SSSR count). The Bertz CT molecular complexity index is 1040. The van der Waals surface area contributed by atoms with Crippen molar-refractivity contribution < 1.29 is 14.3 Å². The number of amides is 1. The molecule has 0 bridgehead atoms. The van der Waals surface area contributed by atoms with Crippen LogP contribution in [0.4, 0.5) is 0 Å². The number of hydrogen-bond acceptors (Lipinski definition) is 5. The number of rotatable bonds is 4. The second-order valence-electron chi connectivity index (χ2n) is 7.52. The maximum absolute atomic E-state index is 13.1. The summed E-state index contributed by atoms with van der Waals surface area (Å²) < 4.78 is 12.6. The number of carbonyl (C=O) groups excluding carboxylic acids is 1. The highest BCUT2D eigenvalue weighted by Crippen LogP contribution is 2.41. The van der Waals surface area contributed by atoms with Gasteiger partial charge in [0.15, 0.2) is 0 Å². The summed E-state index contributed by atoms with van der Waals surface area (Å²) in [6, 6.07) is 18.0. The summed E-state index contributed by atoms with van der Waals surface area (Å²) in [4.78, 5) is 15.4. The summed E-state index contributed by atoms with van der Waals surface area (Å²) in [7, 11) is 0. The van der Waals surface area contributed by atoms with Crippen LogP contribution in [0.25, 0.3) is 6.08 Å². The van der Waals surface area contributed by atoms with Crippen LogP contribution in [0.1, 0.15) is 30.1 Å². The van der Waals surface area contributed by atoms with Gasteiger partial charge in [0.05, 0.1) is 17.6 Å². The van der Waals surface area contributed by atoms with Gasteiger partial charge in [-0.1, -0.05) is 72.5 Å². The number of ether oxygens (including phenoxy) is 2. The van der Waals surface area contributed by atoms with Crippen molar-refractivity contribution in [1.82, 2.24) is 4.90 Å². The molecule has 0 aromatic heterocycles. The molecule has 0 radical (unpaired) electrons. The lowest BCUT2D eigenvalue weighted by Gasteiger charge is -2.26. The minimum Gasteiger partial charge on any atom is -0.480 e. The molecule has 152 valence electrons. The molecule has 2 saturated heterocycles. The number of fused-ring (bicyclic) bond motifs is 1. The smallest absolute Gasteiger partial charge is 0.266 e. The van der Waals surface area contributed by atoms with Crippen LogP contribution in [-0.2, 0) is 9.53 Å². The molecule has 30 heavy (non-hydrogen) atoms. The Kier molecular flexibility index (Phi) is 5.46. The third-order valence-electron chi connectivity index (χ3n) is 5.47. The molecule has 2 atom stereocenters. The van der Waals surface area contributed by atoms with Gasteiger partial charge in [-0.2, -0.15) is 0 Å². The van der Waals surface area contributed by atoms with E-state index in [9.17, 15) is 4.79 Å². The minimum atomic E-state index is -0.275. The van der Waals surface area contributed by atoms with E-state index >= 15 is 0 Å². The summed E-state index contributed by atoms with van der Waals surface area (Å²) in [5, 5.41) is 0. The van der Waals surface area contributed by atoms with Crippen molar-refractivity contribution in [2.45, 2.75) is 25.0 Å². The van der Waals surface area contributed by atoms with Crippen molar-refractivity contribution in [2.75, 3.05) is 13.2 Å². The maximum Gasteiger partial charge on any atom is 0.266 e. The summed E-state index contributed by atoms with van der Waals surface area (Å²) in [5.74, 6) is 0.793. The van der Waals surface area contributed by atoms with E-state index in [2.05, 4.69) is 6.08 Å². The normalized spacial score (nSPS) is 24.7. The van der Waals surface area contributed by atoms with Crippen molar-refractivity contribution >= 4 is 40.3 Å². The average Bonchev–Trinajstić information content (AvgIpc) is 3.38. The fraction of sp³-hybridized carbons (Fsp3) is 0.250. The Labute approximate surface area is 185 Å². The SMILES string of the molecule is O=C1/C(=C\C2=Cc3ccccc3O[C@@H]2c2ccccc2)SC(=S)N1C[C@@H]1CCCO1. The lowest BCUT2D eigenvalue weighted by atomic mass is 9.95. The first-order valence-corrected chi connectivity index (χ1v) is 11.3. The third-order valence-corrected chi connectivity index (χ3v) is 6.85. The van der Waals surface area contributed by atoms with E-state index in [-0.39, 0.29) is 18.1 Å². The van der Waals surface area contributed by atoms with Crippen LogP contribution in [0.15, 0.2) is 71.2 Å². The van der Waals surface area contributed by atoms with E-state index < -0.39 is 0 Å². The molecule has 6 heteroatoms. The van der Waals surface area contributed by atoms with Gasteiger partial charge in [-0.15, -0.1) is 0 Å². The third kappa shape index (κ3) is 3.83. The molecule has 0 N–H and O–H groups in total. The van der Waals surface area contributed by atoms with E-state index in [1.807, 2.05) is 60.7 Å². The Morgan fingerprint density at radius 2 is 1.93 bits per heavy atom. The van der Waals surface area contributed by atoms with Gasteiger partial charge in [0.25, 0.3) is 5.91 Å². The zero-order chi connectivity index (χ0) is 20.5. The predicted molar refractivity (Wildman–Crippen MR) is 123 cm³/mol. The van der Waals surface area contributed by atoms with Gasteiger partial charge in [0, 0.05) is 12.2 Å². The number of nitrogens with zero attached hydrogens (tertiary/aromatic N) is 1. The zero-order valence-electron chi connectivity index (χ0n) is 16.3. The van der Waals surface area contributed by atoms with Gasteiger partial charge in [-0.05, 0) is 42.2 Å². The van der Waals surface area contributed by atoms with E-state index in [4.69, 9.17) is 21.7 Å². The summed E-state index contributed by atoms with van der Waals surface area (Å²) in [6.07, 6.45) is 5.85. The second kappa shape index (κ2) is 8.38. The van der Waals surface area contributed by atoms with Crippen molar-refractivity contribution in [3.8, 4) is 5.75 Å². The molecular formula is C24H21NO3S2. The molecule has 2 aromatic carbocycles. The van der Waals surface area contributed by atoms with E-state index in [1.54, 1.807) is 4.90 Å². The van der Waals surface area contributed by atoms with Crippen LogP contribution < -0.4 is 4.74 Å². The topological polar surface area (TPSA) is 38.8 Å². The second-order valence-corrected chi connectivity index (χ2v) is 9.19. The molecule has 3 aliphatic heterocycles. The van der Waals surface area contributed by atoms with E-state index in [0.29, 0.717) is 15.8 Å². The average molecular weight is 436 g/mol. The van der Waals surface area contributed by atoms with E-state index in [0.717, 1.165) is 41.9 Å². The number of para-hydroxylation sites is 1. The number of benzene rings is 2.